The molecule has 0 saturated carbocycles. The minimum Gasteiger partial charge on any atom is -0.0810 e. The van der Waals surface area contributed by atoms with Crippen LogP contribution in [0.15, 0.2) is 0 Å². The maximum atomic E-state index is 3.60. The summed E-state index contributed by atoms with van der Waals surface area (Å²) in [7, 11) is -0.727. The van der Waals surface area contributed by atoms with Crippen LogP contribution in [0, 0.1) is 0 Å². The molecule has 0 fully saturated rings. The molecular weight excluding hydrogens is 408 g/mol. The van der Waals surface area contributed by atoms with E-state index in [9.17, 15) is 0 Å². The second-order valence-corrected chi connectivity index (χ2v) is 20.3. The Morgan fingerprint density at radius 3 is 1.85 bits per heavy atom. The second kappa shape index (κ2) is 14.0. The van der Waals surface area contributed by atoms with Crippen LogP contribution in [0.2, 0.25) is 31.2 Å². The maximum absolute atomic E-state index is 3.60. The van der Waals surface area contributed by atoms with Crippen molar-refractivity contribution in [1.29, 1.82) is 0 Å². The van der Waals surface area contributed by atoms with Crippen LogP contribution in [-0.4, -0.2) is 21.0 Å². The quantitative estimate of drug-likeness (QED) is 0.156. The predicted molar refractivity (Wildman–Crippen MR) is 109 cm³/mol. The summed E-state index contributed by atoms with van der Waals surface area (Å²) in [5.74, 6) is 0. The van der Waals surface area contributed by atoms with Gasteiger partial charge < -0.3 is 0 Å². The summed E-state index contributed by atoms with van der Waals surface area (Å²) >= 11 is 7.20. The molecule has 0 unspecified atom stereocenters. The Morgan fingerprint density at radius 1 is 0.800 bits per heavy atom. The van der Waals surface area contributed by atoms with Gasteiger partial charge in [0.05, 0.1) is 3.36 Å². The van der Waals surface area contributed by atoms with E-state index < -0.39 is 8.07 Å². The summed E-state index contributed by atoms with van der Waals surface area (Å²) in [6, 6.07) is 4.63. The van der Waals surface area contributed by atoms with Gasteiger partial charge in [-0.1, -0.05) is 128 Å². The largest absolute Gasteiger partial charge is 0.0810 e. The fraction of sp³-hybridized carbons (Fsp3) is 1.00. The summed E-state index contributed by atoms with van der Waals surface area (Å²) in [6.45, 7) is 7.52. The van der Waals surface area contributed by atoms with E-state index in [1.54, 1.807) is 12.1 Å². The highest BCUT2D eigenvalue weighted by Gasteiger charge is 2.18. The molecule has 0 aromatic rings. The second-order valence-electron chi connectivity index (χ2n) is 7.03. The van der Waals surface area contributed by atoms with Gasteiger partial charge in [-0.05, 0) is 0 Å². The number of halogens is 2. The monoisotopic (exact) mass is 442 g/mol. The zero-order chi connectivity index (χ0) is 15.3. The standard InChI is InChI=1S/C16H36Br2Si2/c1-4-5-11-14-20(2,3)15-12-9-7-6-8-10-13-19-16(17)18/h16H,4-15,19H2,1-3H3. The predicted octanol–water partition coefficient (Wildman–Crippen LogP) is 6.89. The number of unbranched alkanes of at least 4 members (excludes halogenated alkanes) is 7. The van der Waals surface area contributed by atoms with E-state index in [2.05, 4.69) is 51.9 Å². The number of hydrogen-bond donors (Lipinski definition) is 0. The SMILES string of the molecule is CCCCC[Si](C)(C)CCCCCCCC[SiH2]C(Br)Br. The van der Waals surface area contributed by atoms with Crippen molar-refractivity contribution >= 4 is 49.5 Å². The molecule has 0 spiro atoms. The minimum atomic E-state index is -0.839. The maximum Gasteiger partial charge on any atom is 0.0551 e. The fourth-order valence-corrected chi connectivity index (χ4v) is 8.32. The van der Waals surface area contributed by atoms with Crippen LogP contribution in [-0.2, 0) is 0 Å². The van der Waals surface area contributed by atoms with Gasteiger partial charge >= 0.3 is 0 Å². The van der Waals surface area contributed by atoms with Gasteiger partial charge in [-0.15, -0.1) is 0 Å². The van der Waals surface area contributed by atoms with Crippen molar-refractivity contribution in [2.75, 3.05) is 0 Å². The molecule has 0 aromatic heterocycles. The van der Waals surface area contributed by atoms with Gasteiger partial charge in [0.1, 0.15) is 0 Å². The first-order chi connectivity index (χ1) is 9.48. The zero-order valence-corrected chi connectivity index (χ0v) is 19.6. The van der Waals surface area contributed by atoms with Crippen LogP contribution >= 0.6 is 31.9 Å². The minimum absolute atomic E-state index is 0.112. The van der Waals surface area contributed by atoms with Gasteiger partial charge in [0.2, 0.25) is 0 Å². The number of hydrogen-bond acceptors (Lipinski definition) is 0. The van der Waals surface area contributed by atoms with Crippen molar-refractivity contribution in [2.45, 2.75) is 99.3 Å². The van der Waals surface area contributed by atoms with Crippen LogP contribution in [0.25, 0.3) is 0 Å². The van der Waals surface area contributed by atoms with Crippen molar-refractivity contribution < 1.29 is 0 Å². The average Bonchev–Trinajstić information content (AvgIpc) is 2.36. The van der Waals surface area contributed by atoms with E-state index in [0.29, 0.717) is 3.36 Å². The van der Waals surface area contributed by atoms with Crippen molar-refractivity contribution in [2.24, 2.45) is 0 Å². The average molecular weight is 444 g/mol. The third kappa shape index (κ3) is 15.8. The van der Waals surface area contributed by atoms with Crippen molar-refractivity contribution in [3.05, 3.63) is 0 Å². The molecule has 0 aromatic carbocycles. The van der Waals surface area contributed by atoms with Gasteiger partial charge in [0.25, 0.3) is 0 Å². The van der Waals surface area contributed by atoms with Crippen molar-refractivity contribution in [3.8, 4) is 0 Å². The van der Waals surface area contributed by atoms with E-state index >= 15 is 0 Å². The lowest BCUT2D eigenvalue weighted by Gasteiger charge is -2.22. The highest BCUT2D eigenvalue weighted by molar-refractivity contribution is 9.25. The molecule has 0 heterocycles. The van der Waals surface area contributed by atoms with E-state index in [1.165, 1.54) is 63.8 Å². The molecular formula is C16H36Br2Si2. The molecule has 0 aliphatic carbocycles. The van der Waals surface area contributed by atoms with Gasteiger partial charge in [-0.25, -0.2) is 0 Å². The molecule has 0 aliphatic heterocycles. The molecule has 122 valence electrons. The Morgan fingerprint density at radius 2 is 1.30 bits per heavy atom. The Kier molecular flexibility index (Phi) is 15.0. The Hall–Kier alpha value is 1.39. The molecule has 4 heteroatoms. The number of rotatable bonds is 14. The fourth-order valence-electron chi connectivity index (χ4n) is 2.76. The Bertz CT molecular complexity index is 209. The highest BCUT2D eigenvalue weighted by atomic mass is 79.9. The van der Waals surface area contributed by atoms with Crippen molar-refractivity contribution in [3.63, 3.8) is 0 Å². The van der Waals surface area contributed by atoms with Gasteiger partial charge in [0, 0.05) is 17.6 Å². The first kappa shape index (κ1) is 21.4. The molecule has 0 nitrogen and oxygen atoms in total. The summed E-state index contributed by atoms with van der Waals surface area (Å²) in [5.41, 5.74) is 0. The highest BCUT2D eigenvalue weighted by Crippen LogP contribution is 2.23. The molecule has 0 rings (SSSR count). The molecule has 0 aliphatic rings. The van der Waals surface area contributed by atoms with E-state index in [4.69, 9.17) is 0 Å². The lowest BCUT2D eigenvalue weighted by Crippen LogP contribution is -2.24. The summed E-state index contributed by atoms with van der Waals surface area (Å²) < 4.78 is 0.662. The van der Waals surface area contributed by atoms with Crippen LogP contribution in [0.4, 0.5) is 0 Å². The number of alkyl halides is 2. The van der Waals surface area contributed by atoms with Gasteiger partial charge in [-0.3, -0.25) is 0 Å². The smallest absolute Gasteiger partial charge is 0.0551 e. The molecule has 0 atom stereocenters. The van der Waals surface area contributed by atoms with Crippen LogP contribution < -0.4 is 0 Å². The molecule has 0 bridgehead atoms. The summed E-state index contributed by atoms with van der Waals surface area (Å²) in [5, 5.41) is 0. The third-order valence-corrected chi connectivity index (χ3v) is 11.7. The van der Waals surface area contributed by atoms with Gasteiger partial charge in [-0.2, -0.15) is 0 Å². The van der Waals surface area contributed by atoms with Crippen LogP contribution in [0.3, 0.4) is 0 Å². The zero-order valence-electron chi connectivity index (χ0n) is 14.0. The van der Waals surface area contributed by atoms with Crippen molar-refractivity contribution in [1.82, 2.24) is 0 Å². The first-order valence-electron chi connectivity index (χ1n) is 8.76. The Labute approximate surface area is 148 Å². The summed E-state index contributed by atoms with van der Waals surface area (Å²) in [4.78, 5) is 0. The first-order valence-corrected chi connectivity index (χ1v) is 15.8. The van der Waals surface area contributed by atoms with E-state index in [-0.39, 0.29) is 9.52 Å². The third-order valence-electron chi connectivity index (χ3n) is 4.23. The van der Waals surface area contributed by atoms with Crippen LogP contribution in [0.5, 0.6) is 0 Å². The molecule has 0 amide bonds. The molecule has 0 radical (unpaired) electrons. The normalized spacial score (nSPS) is 12.9. The summed E-state index contributed by atoms with van der Waals surface area (Å²) in [6.07, 6.45) is 13.2. The lowest BCUT2D eigenvalue weighted by molar-refractivity contribution is 0.620. The molecule has 0 saturated heterocycles. The topological polar surface area (TPSA) is 0 Å². The molecule has 0 N–H and O–H groups in total. The van der Waals surface area contributed by atoms with E-state index in [1.807, 2.05) is 0 Å². The molecule has 20 heavy (non-hydrogen) atoms. The Balaban J connectivity index is 3.30. The van der Waals surface area contributed by atoms with E-state index in [0.717, 1.165) is 0 Å². The van der Waals surface area contributed by atoms with Gasteiger partial charge in [0.15, 0.2) is 0 Å². The van der Waals surface area contributed by atoms with Crippen LogP contribution in [0.1, 0.15) is 64.7 Å². The lowest BCUT2D eigenvalue weighted by atomic mass is 10.1.